The van der Waals surface area contributed by atoms with Gasteiger partial charge in [-0.2, -0.15) is 0 Å². The first-order valence-corrected chi connectivity index (χ1v) is 4.94. The van der Waals surface area contributed by atoms with Gasteiger partial charge in [0.15, 0.2) is 5.78 Å². The SMILES string of the molecule is CC(=O)NC1(C)CC(=O)c2ccccc21. The molecule has 15 heavy (non-hydrogen) atoms. The van der Waals surface area contributed by atoms with E-state index in [1.54, 1.807) is 0 Å². The molecule has 1 atom stereocenters. The normalized spacial score (nSPS) is 23.7. The summed E-state index contributed by atoms with van der Waals surface area (Å²) in [6, 6.07) is 7.44. The molecule has 1 unspecified atom stereocenters. The fourth-order valence-corrected chi connectivity index (χ4v) is 2.22. The number of ketones is 1. The molecule has 3 nitrogen and oxygen atoms in total. The summed E-state index contributed by atoms with van der Waals surface area (Å²) in [5.41, 5.74) is 1.12. The molecule has 0 aromatic heterocycles. The first-order valence-electron chi connectivity index (χ1n) is 4.94. The van der Waals surface area contributed by atoms with Crippen molar-refractivity contribution in [2.45, 2.75) is 25.8 Å². The molecule has 0 heterocycles. The Hall–Kier alpha value is -1.64. The zero-order valence-corrected chi connectivity index (χ0v) is 8.83. The third kappa shape index (κ3) is 1.54. The molecule has 3 heteroatoms. The highest BCUT2D eigenvalue weighted by Gasteiger charge is 2.39. The predicted molar refractivity (Wildman–Crippen MR) is 56.6 cm³/mol. The van der Waals surface area contributed by atoms with Gasteiger partial charge in [0.25, 0.3) is 0 Å². The Balaban J connectivity index is 2.47. The lowest BCUT2D eigenvalue weighted by molar-refractivity contribution is -0.120. The molecule has 0 saturated carbocycles. The van der Waals surface area contributed by atoms with Crippen LogP contribution in [0.2, 0.25) is 0 Å². The van der Waals surface area contributed by atoms with Gasteiger partial charge in [-0.3, -0.25) is 9.59 Å². The van der Waals surface area contributed by atoms with E-state index in [1.165, 1.54) is 6.92 Å². The van der Waals surface area contributed by atoms with Crippen molar-refractivity contribution in [3.63, 3.8) is 0 Å². The molecule has 1 aliphatic carbocycles. The zero-order chi connectivity index (χ0) is 11.1. The van der Waals surface area contributed by atoms with Gasteiger partial charge in [0.1, 0.15) is 0 Å². The van der Waals surface area contributed by atoms with Crippen molar-refractivity contribution >= 4 is 11.7 Å². The van der Waals surface area contributed by atoms with Crippen LogP contribution in [0, 0.1) is 0 Å². The van der Waals surface area contributed by atoms with E-state index >= 15 is 0 Å². The average Bonchev–Trinajstić information content (AvgIpc) is 2.39. The molecule has 1 N–H and O–H groups in total. The molecular weight excluding hydrogens is 190 g/mol. The fraction of sp³-hybridized carbons (Fsp3) is 0.333. The Bertz CT molecular complexity index is 435. The molecule has 0 radical (unpaired) electrons. The minimum atomic E-state index is -0.528. The lowest BCUT2D eigenvalue weighted by atomic mass is 9.94. The van der Waals surface area contributed by atoms with Gasteiger partial charge in [0, 0.05) is 18.9 Å². The summed E-state index contributed by atoms with van der Waals surface area (Å²) < 4.78 is 0. The van der Waals surface area contributed by atoms with E-state index in [1.807, 2.05) is 31.2 Å². The van der Waals surface area contributed by atoms with Gasteiger partial charge in [-0.15, -0.1) is 0 Å². The Morgan fingerprint density at radius 2 is 2.07 bits per heavy atom. The van der Waals surface area contributed by atoms with Crippen LogP contribution in [0.15, 0.2) is 24.3 Å². The molecule has 1 aromatic carbocycles. The number of hydrogen-bond acceptors (Lipinski definition) is 2. The van der Waals surface area contributed by atoms with E-state index in [0.717, 1.165) is 11.1 Å². The largest absolute Gasteiger partial charge is 0.347 e. The van der Waals surface area contributed by atoms with Crippen LogP contribution >= 0.6 is 0 Å². The number of nitrogens with one attached hydrogen (secondary N) is 1. The fourth-order valence-electron chi connectivity index (χ4n) is 2.22. The minimum absolute atomic E-state index is 0.0989. The molecule has 2 rings (SSSR count). The predicted octanol–water partition coefficient (Wildman–Crippen LogP) is 1.62. The molecule has 0 aliphatic heterocycles. The highest BCUT2D eigenvalue weighted by Crippen LogP contribution is 2.36. The molecule has 0 fully saturated rings. The molecular formula is C12H13NO2. The van der Waals surface area contributed by atoms with Crippen LogP contribution in [0.1, 0.15) is 36.2 Å². The van der Waals surface area contributed by atoms with Crippen molar-refractivity contribution in [1.29, 1.82) is 0 Å². The van der Waals surface area contributed by atoms with E-state index < -0.39 is 5.54 Å². The first-order chi connectivity index (χ1) is 7.03. The highest BCUT2D eigenvalue weighted by molar-refractivity contribution is 6.02. The maximum Gasteiger partial charge on any atom is 0.217 e. The van der Waals surface area contributed by atoms with E-state index in [0.29, 0.717) is 6.42 Å². The van der Waals surface area contributed by atoms with Crippen LogP contribution in [0.3, 0.4) is 0 Å². The van der Waals surface area contributed by atoms with Gasteiger partial charge in [0.2, 0.25) is 5.91 Å². The smallest absolute Gasteiger partial charge is 0.217 e. The zero-order valence-electron chi connectivity index (χ0n) is 8.83. The molecule has 78 valence electrons. The number of amides is 1. The highest BCUT2D eigenvalue weighted by atomic mass is 16.1. The van der Waals surface area contributed by atoms with E-state index in [9.17, 15) is 9.59 Å². The Morgan fingerprint density at radius 3 is 2.73 bits per heavy atom. The maximum atomic E-state index is 11.7. The first kappa shape index (κ1) is 9.90. The van der Waals surface area contributed by atoms with Gasteiger partial charge in [0.05, 0.1) is 5.54 Å². The third-order valence-corrected chi connectivity index (χ3v) is 2.79. The summed E-state index contributed by atoms with van der Waals surface area (Å²) in [6.45, 7) is 3.36. The second-order valence-electron chi connectivity index (χ2n) is 4.16. The molecule has 0 saturated heterocycles. The van der Waals surface area contributed by atoms with Crippen LogP contribution < -0.4 is 5.32 Å². The standard InChI is InChI=1S/C12H13NO2/c1-8(14)13-12(2)7-11(15)9-5-3-4-6-10(9)12/h3-6H,7H2,1-2H3,(H,13,14). The maximum absolute atomic E-state index is 11.7. The Labute approximate surface area is 88.5 Å². The summed E-state index contributed by atoms with van der Waals surface area (Å²) in [5.74, 6) is -0.0103. The number of rotatable bonds is 1. The van der Waals surface area contributed by atoms with Crippen LogP contribution in [0.4, 0.5) is 0 Å². The van der Waals surface area contributed by atoms with Crippen LogP contribution in [0.5, 0.6) is 0 Å². The monoisotopic (exact) mass is 203 g/mol. The number of Topliss-reactive ketones (excluding diaryl/α,β-unsaturated/α-hetero) is 1. The Morgan fingerprint density at radius 1 is 1.40 bits per heavy atom. The molecule has 1 aromatic rings. The van der Waals surface area contributed by atoms with Crippen LogP contribution in [0.25, 0.3) is 0 Å². The summed E-state index contributed by atoms with van der Waals surface area (Å²) in [4.78, 5) is 22.8. The number of fused-ring (bicyclic) bond motifs is 1. The van der Waals surface area contributed by atoms with E-state index in [2.05, 4.69) is 5.32 Å². The summed E-state index contributed by atoms with van der Waals surface area (Å²) in [6.07, 6.45) is 0.353. The van der Waals surface area contributed by atoms with Gasteiger partial charge in [-0.05, 0) is 12.5 Å². The summed E-state index contributed by atoms with van der Waals surface area (Å²) in [5, 5.41) is 2.84. The van der Waals surface area contributed by atoms with Crippen molar-refractivity contribution in [3.8, 4) is 0 Å². The lowest BCUT2D eigenvalue weighted by Gasteiger charge is -2.25. The summed E-state index contributed by atoms with van der Waals surface area (Å²) >= 11 is 0. The number of carbonyl (C=O) groups excluding carboxylic acids is 2. The van der Waals surface area contributed by atoms with E-state index in [4.69, 9.17) is 0 Å². The second kappa shape index (κ2) is 3.19. The van der Waals surface area contributed by atoms with Crippen LogP contribution in [-0.4, -0.2) is 11.7 Å². The van der Waals surface area contributed by atoms with Crippen molar-refractivity contribution in [2.24, 2.45) is 0 Å². The van der Waals surface area contributed by atoms with E-state index in [-0.39, 0.29) is 11.7 Å². The molecule has 0 bridgehead atoms. The minimum Gasteiger partial charge on any atom is -0.347 e. The number of hydrogen-bond donors (Lipinski definition) is 1. The van der Waals surface area contributed by atoms with Gasteiger partial charge < -0.3 is 5.32 Å². The number of benzene rings is 1. The van der Waals surface area contributed by atoms with Crippen molar-refractivity contribution in [3.05, 3.63) is 35.4 Å². The van der Waals surface area contributed by atoms with Gasteiger partial charge in [-0.1, -0.05) is 24.3 Å². The third-order valence-electron chi connectivity index (χ3n) is 2.79. The Kier molecular flexibility index (Phi) is 2.11. The molecule has 0 spiro atoms. The van der Waals surface area contributed by atoms with Crippen molar-refractivity contribution in [1.82, 2.24) is 5.32 Å². The topological polar surface area (TPSA) is 46.2 Å². The number of carbonyl (C=O) groups is 2. The van der Waals surface area contributed by atoms with Gasteiger partial charge >= 0.3 is 0 Å². The van der Waals surface area contributed by atoms with Gasteiger partial charge in [-0.25, -0.2) is 0 Å². The van der Waals surface area contributed by atoms with Crippen molar-refractivity contribution < 1.29 is 9.59 Å². The molecule has 1 aliphatic rings. The quantitative estimate of drug-likeness (QED) is 0.754. The second-order valence-corrected chi connectivity index (χ2v) is 4.16. The van der Waals surface area contributed by atoms with Crippen LogP contribution in [-0.2, 0) is 10.3 Å². The lowest BCUT2D eigenvalue weighted by Crippen LogP contribution is -2.40. The summed E-state index contributed by atoms with van der Waals surface area (Å²) in [7, 11) is 0. The molecule has 1 amide bonds. The van der Waals surface area contributed by atoms with Crippen molar-refractivity contribution in [2.75, 3.05) is 0 Å². The average molecular weight is 203 g/mol.